The van der Waals surface area contributed by atoms with Crippen LogP contribution >= 0.6 is 0 Å². The van der Waals surface area contributed by atoms with Crippen LogP contribution in [0.3, 0.4) is 0 Å². The normalized spacial score (nSPS) is 18.5. The first-order valence-corrected chi connectivity index (χ1v) is 10.8. The van der Waals surface area contributed by atoms with E-state index < -0.39 is 8.56 Å². The van der Waals surface area contributed by atoms with Gasteiger partial charge in [-0.25, -0.2) is 0 Å². The van der Waals surface area contributed by atoms with Crippen LogP contribution in [0.5, 0.6) is 0 Å². The summed E-state index contributed by atoms with van der Waals surface area (Å²) in [4.78, 5) is 2.60. The number of hydrogen-bond acceptors (Lipinski definition) is 3. The van der Waals surface area contributed by atoms with E-state index in [0.29, 0.717) is 0 Å². The molecule has 0 spiro atoms. The van der Waals surface area contributed by atoms with Crippen LogP contribution in [0, 0.1) is 0 Å². The average Bonchev–Trinajstić information content (AvgIpc) is 2.31. The lowest BCUT2D eigenvalue weighted by Gasteiger charge is -2.29. The second kappa shape index (κ2) is 8.42. The Morgan fingerprint density at radius 2 is 1.71 bits per heavy atom. The van der Waals surface area contributed by atoms with Crippen molar-refractivity contribution in [2.24, 2.45) is 0 Å². The predicted molar refractivity (Wildman–Crippen MR) is 76.1 cm³/mol. The van der Waals surface area contributed by atoms with Crippen molar-refractivity contribution in [3.05, 3.63) is 0 Å². The van der Waals surface area contributed by atoms with E-state index in [1.807, 2.05) is 0 Å². The molecule has 5 heteroatoms. The molecule has 2 radical (unpaired) electrons. The van der Waals surface area contributed by atoms with E-state index in [1.54, 1.807) is 0 Å². The quantitative estimate of drug-likeness (QED) is 0.634. The molecule has 0 N–H and O–H groups in total. The molecule has 1 saturated heterocycles. The lowest BCUT2D eigenvalue weighted by Crippen LogP contribution is -2.40. The Labute approximate surface area is 110 Å². The topological polar surface area (TPSA) is 21.7 Å². The molecule has 0 aromatic carbocycles. The molecule has 0 amide bonds. The van der Waals surface area contributed by atoms with Gasteiger partial charge in [0, 0.05) is 22.7 Å². The van der Waals surface area contributed by atoms with Crippen molar-refractivity contribution >= 4 is 18.1 Å². The fourth-order valence-corrected chi connectivity index (χ4v) is 5.95. The molecule has 1 fully saturated rings. The summed E-state index contributed by atoms with van der Waals surface area (Å²) in [5.41, 5.74) is 0. The number of nitrogens with zero attached hydrogens (tertiary/aromatic N) is 1. The zero-order valence-electron chi connectivity index (χ0n) is 11.6. The minimum atomic E-state index is -1.86. The van der Waals surface area contributed by atoms with Crippen LogP contribution in [0.25, 0.3) is 0 Å². The smallest absolute Gasteiger partial charge is 0.334 e. The van der Waals surface area contributed by atoms with E-state index in [4.69, 9.17) is 8.85 Å². The summed E-state index contributed by atoms with van der Waals surface area (Å²) in [6.07, 6.45) is 1.23. The van der Waals surface area contributed by atoms with Gasteiger partial charge in [0.05, 0.1) is 0 Å². The third kappa shape index (κ3) is 6.15. The fraction of sp³-hybridized carbons (Fsp3) is 1.00. The Hall–Kier alpha value is 0.314. The first-order chi connectivity index (χ1) is 8.20. The molecule has 1 heterocycles. The predicted octanol–water partition coefficient (Wildman–Crippen LogP) is 2.38. The zero-order chi connectivity index (χ0) is 12.6. The monoisotopic (exact) mass is 273 g/mol. The highest BCUT2D eigenvalue weighted by Crippen LogP contribution is 2.17. The van der Waals surface area contributed by atoms with E-state index in [-0.39, 0.29) is 0 Å². The Morgan fingerprint density at radius 3 is 2.24 bits per heavy atom. The van der Waals surface area contributed by atoms with Crippen LogP contribution in [-0.4, -0.2) is 55.8 Å². The minimum Gasteiger partial charge on any atom is -0.395 e. The van der Waals surface area contributed by atoms with Gasteiger partial charge in [-0.1, -0.05) is 0 Å². The van der Waals surface area contributed by atoms with E-state index in [9.17, 15) is 0 Å². The van der Waals surface area contributed by atoms with Crippen molar-refractivity contribution in [3.8, 4) is 0 Å². The van der Waals surface area contributed by atoms with Gasteiger partial charge in [-0.3, -0.25) is 0 Å². The number of rotatable bonds is 8. The van der Waals surface area contributed by atoms with Gasteiger partial charge in [0.2, 0.25) is 0 Å². The minimum absolute atomic E-state index is 0.785. The van der Waals surface area contributed by atoms with Crippen LogP contribution in [-0.2, 0) is 8.85 Å². The Balaban J connectivity index is 2.21. The summed E-state index contributed by atoms with van der Waals surface area (Å²) in [6, 6.07) is 3.95. The molecule has 1 aliphatic heterocycles. The molecular weight excluding hydrogens is 246 g/mol. The molecule has 1 rings (SSSR count). The van der Waals surface area contributed by atoms with Crippen molar-refractivity contribution in [3.63, 3.8) is 0 Å². The molecule has 0 unspecified atom stereocenters. The second-order valence-electron chi connectivity index (χ2n) is 4.70. The molecule has 0 bridgehead atoms. The maximum absolute atomic E-state index is 5.86. The highest BCUT2D eigenvalue weighted by molar-refractivity contribution is 6.66. The lowest BCUT2D eigenvalue weighted by atomic mass is 10.4. The van der Waals surface area contributed by atoms with Crippen LogP contribution in [0.2, 0.25) is 24.7 Å². The highest BCUT2D eigenvalue weighted by Gasteiger charge is 2.30. The third-order valence-electron chi connectivity index (χ3n) is 3.21. The van der Waals surface area contributed by atoms with E-state index in [0.717, 1.165) is 19.3 Å². The molecule has 100 valence electrons. The summed E-state index contributed by atoms with van der Waals surface area (Å²) in [5, 5.41) is 0. The summed E-state index contributed by atoms with van der Waals surface area (Å²) in [7, 11) is -0.659. The van der Waals surface area contributed by atoms with Gasteiger partial charge < -0.3 is 13.8 Å². The highest BCUT2D eigenvalue weighted by atomic mass is 28.4. The molecule has 0 aromatic heterocycles. The summed E-state index contributed by atoms with van der Waals surface area (Å²) < 4.78 is 11.7. The van der Waals surface area contributed by atoms with Gasteiger partial charge in [0.1, 0.15) is 0 Å². The Bertz CT molecular complexity index is 193. The molecule has 1 aliphatic rings. The maximum atomic E-state index is 5.86. The first kappa shape index (κ1) is 15.4. The van der Waals surface area contributed by atoms with Gasteiger partial charge >= 0.3 is 8.56 Å². The van der Waals surface area contributed by atoms with Crippen molar-refractivity contribution in [1.82, 2.24) is 4.90 Å². The second-order valence-corrected chi connectivity index (χ2v) is 9.54. The standard InChI is InChI=1S/C12H27NO2Si2/c1-4-14-17(3,15-5-2)12-6-7-13-8-10-16-11-9-13/h4-12H2,1-3H3. The largest absolute Gasteiger partial charge is 0.395 e. The van der Waals surface area contributed by atoms with Crippen molar-refractivity contribution in [2.45, 2.75) is 44.9 Å². The summed E-state index contributed by atoms with van der Waals surface area (Å²) in [6.45, 7) is 11.7. The van der Waals surface area contributed by atoms with Gasteiger partial charge in [0.15, 0.2) is 0 Å². The van der Waals surface area contributed by atoms with Crippen LogP contribution in [0.15, 0.2) is 0 Å². The molecule has 0 saturated carbocycles. The average molecular weight is 274 g/mol. The van der Waals surface area contributed by atoms with E-state index in [1.165, 1.54) is 47.7 Å². The molecule has 0 aliphatic carbocycles. The molecule has 17 heavy (non-hydrogen) atoms. The SMILES string of the molecule is CCO[Si](C)(CCCN1CC[Si]CC1)OCC. The molecule has 0 aromatic rings. The maximum Gasteiger partial charge on any atom is 0.334 e. The third-order valence-corrected chi connectivity index (χ3v) is 7.43. The summed E-state index contributed by atoms with van der Waals surface area (Å²) >= 11 is 0. The Morgan fingerprint density at radius 1 is 1.12 bits per heavy atom. The first-order valence-electron chi connectivity index (χ1n) is 6.91. The van der Waals surface area contributed by atoms with E-state index in [2.05, 4.69) is 25.3 Å². The van der Waals surface area contributed by atoms with Gasteiger partial charge in [-0.05, 0) is 64.6 Å². The zero-order valence-corrected chi connectivity index (χ0v) is 13.6. The van der Waals surface area contributed by atoms with Crippen molar-refractivity contribution < 1.29 is 8.85 Å². The fourth-order valence-electron chi connectivity index (χ4n) is 2.36. The van der Waals surface area contributed by atoms with Crippen LogP contribution < -0.4 is 0 Å². The molecule has 3 nitrogen and oxygen atoms in total. The number of hydrogen-bond donors (Lipinski definition) is 0. The Kier molecular flexibility index (Phi) is 7.61. The van der Waals surface area contributed by atoms with Crippen molar-refractivity contribution in [1.29, 1.82) is 0 Å². The van der Waals surface area contributed by atoms with E-state index >= 15 is 0 Å². The molecular formula is C12H27NO2Si2. The van der Waals surface area contributed by atoms with Gasteiger partial charge in [-0.2, -0.15) is 0 Å². The van der Waals surface area contributed by atoms with Crippen LogP contribution in [0.4, 0.5) is 0 Å². The van der Waals surface area contributed by atoms with Crippen molar-refractivity contribution in [2.75, 3.05) is 32.8 Å². The van der Waals surface area contributed by atoms with Gasteiger partial charge in [-0.15, -0.1) is 0 Å². The van der Waals surface area contributed by atoms with Gasteiger partial charge in [0.25, 0.3) is 0 Å². The van der Waals surface area contributed by atoms with Crippen LogP contribution in [0.1, 0.15) is 20.3 Å². The summed E-state index contributed by atoms with van der Waals surface area (Å²) in [5.74, 6) is 0. The molecule has 0 atom stereocenters. The lowest BCUT2D eigenvalue weighted by molar-refractivity contribution is 0.186.